The summed E-state index contributed by atoms with van der Waals surface area (Å²) in [6.45, 7) is 0.150. The molecular formula is C16H12F3N3O. The van der Waals surface area contributed by atoms with Gasteiger partial charge >= 0.3 is 6.18 Å². The van der Waals surface area contributed by atoms with E-state index >= 15 is 0 Å². The molecule has 1 amide bonds. The third kappa shape index (κ3) is 3.18. The van der Waals surface area contributed by atoms with Gasteiger partial charge in [0.25, 0.3) is 5.91 Å². The number of fused-ring (bicyclic) bond motifs is 1. The summed E-state index contributed by atoms with van der Waals surface area (Å²) in [7, 11) is 0. The van der Waals surface area contributed by atoms with Crippen LogP contribution in [0, 0.1) is 0 Å². The third-order valence-electron chi connectivity index (χ3n) is 3.35. The van der Waals surface area contributed by atoms with Crippen molar-refractivity contribution in [3.63, 3.8) is 0 Å². The van der Waals surface area contributed by atoms with Gasteiger partial charge in [-0.05, 0) is 24.3 Å². The van der Waals surface area contributed by atoms with Crippen LogP contribution in [-0.4, -0.2) is 18.2 Å². The van der Waals surface area contributed by atoms with E-state index < -0.39 is 17.6 Å². The van der Waals surface area contributed by atoms with E-state index in [1.165, 1.54) is 18.2 Å². The molecule has 4 nitrogen and oxygen atoms in total. The Kier molecular flexibility index (Phi) is 3.77. The molecule has 0 unspecified atom stereocenters. The molecule has 2 aromatic rings. The largest absolute Gasteiger partial charge is 0.418 e. The average Bonchev–Trinajstić information content (AvgIpc) is 2.54. The summed E-state index contributed by atoms with van der Waals surface area (Å²) in [6, 6.07) is 12.0. The van der Waals surface area contributed by atoms with Gasteiger partial charge in [0, 0.05) is 0 Å². The minimum Gasteiger partial charge on any atom is -0.377 e. The molecule has 1 aliphatic heterocycles. The minimum atomic E-state index is -4.54. The van der Waals surface area contributed by atoms with Gasteiger partial charge in [0.2, 0.25) is 0 Å². The topological polar surface area (TPSA) is 53.5 Å². The van der Waals surface area contributed by atoms with Gasteiger partial charge in [-0.1, -0.05) is 24.3 Å². The van der Waals surface area contributed by atoms with E-state index in [0.717, 1.165) is 11.8 Å². The Morgan fingerprint density at radius 1 is 1.09 bits per heavy atom. The van der Waals surface area contributed by atoms with Crippen molar-refractivity contribution in [1.29, 1.82) is 0 Å². The first-order valence-electron chi connectivity index (χ1n) is 6.83. The molecule has 118 valence electrons. The number of carbonyl (C=O) groups is 1. The number of amides is 1. The second-order valence-corrected chi connectivity index (χ2v) is 4.93. The lowest BCUT2D eigenvalue weighted by atomic mass is 10.1. The average molecular weight is 319 g/mol. The van der Waals surface area contributed by atoms with Crippen molar-refractivity contribution in [3.8, 4) is 0 Å². The van der Waals surface area contributed by atoms with Crippen LogP contribution in [0.2, 0.25) is 0 Å². The molecule has 2 N–H and O–H groups in total. The van der Waals surface area contributed by atoms with Gasteiger partial charge in [0.1, 0.15) is 5.71 Å². The summed E-state index contributed by atoms with van der Waals surface area (Å²) in [6.07, 6.45) is -4.54. The number of para-hydroxylation sites is 3. The molecule has 0 saturated heterocycles. The molecule has 0 aliphatic carbocycles. The van der Waals surface area contributed by atoms with Gasteiger partial charge in [-0.25, -0.2) is 4.99 Å². The van der Waals surface area contributed by atoms with Gasteiger partial charge in [-0.2, -0.15) is 13.2 Å². The number of benzene rings is 2. The molecule has 3 rings (SSSR count). The first-order chi connectivity index (χ1) is 10.9. The van der Waals surface area contributed by atoms with Crippen LogP contribution in [0.5, 0.6) is 0 Å². The SMILES string of the molecule is O=C(Nc1ccccc1C(F)(F)F)C1=Nc2ccccc2NC1. The number of carbonyl (C=O) groups excluding carboxylic acids is 1. The fraction of sp³-hybridized carbons (Fsp3) is 0.125. The first-order valence-corrected chi connectivity index (χ1v) is 6.83. The molecule has 0 radical (unpaired) electrons. The monoisotopic (exact) mass is 319 g/mol. The smallest absolute Gasteiger partial charge is 0.377 e. The predicted octanol–water partition coefficient (Wildman–Crippen LogP) is 3.84. The van der Waals surface area contributed by atoms with E-state index in [-0.39, 0.29) is 17.9 Å². The summed E-state index contributed by atoms with van der Waals surface area (Å²) >= 11 is 0. The molecule has 0 bridgehead atoms. The van der Waals surface area contributed by atoms with Crippen LogP contribution in [0.15, 0.2) is 53.5 Å². The molecule has 0 aromatic heterocycles. The maximum Gasteiger partial charge on any atom is 0.418 e. The summed E-state index contributed by atoms with van der Waals surface area (Å²) in [5.74, 6) is -0.663. The predicted molar refractivity (Wildman–Crippen MR) is 82.1 cm³/mol. The number of hydrogen-bond acceptors (Lipinski definition) is 3. The zero-order valence-electron chi connectivity index (χ0n) is 11.8. The van der Waals surface area contributed by atoms with Crippen LogP contribution >= 0.6 is 0 Å². The van der Waals surface area contributed by atoms with Gasteiger partial charge in [-0.15, -0.1) is 0 Å². The lowest BCUT2D eigenvalue weighted by Crippen LogP contribution is -2.31. The Morgan fingerprint density at radius 3 is 2.57 bits per heavy atom. The van der Waals surface area contributed by atoms with Crippen LogP contribution in [0.1, 0.15) is 5.56 Å². The van der Waals surface area contributed by atoms with Crippen LogP contribution in [0.25, 0.3) is 0 Å². The van der Waals surface area contributed by atoms with Gasteiger partial charge in [0.15, 0.2) is 0 Å². The lowest BCUT2D eigenvalue weighted by Gasteiger charge is -2.18. The maximum atomic E-state index is 12.9. The number of aliphatic imine (C=N–C) groups is 1. The highest BCUT2D eigenvalue weighted by Gasteiger charge is 2.33. The van der Waals surface area contributed by atoms with E-state index in [1.807, 2.05) is 12.1 Å². The van der Waals surface area contributed by atoms with Crippen molar-refractivity contribution < 1.29 is 18.0 Å². The van der Waals surface area contributed by atoms with Crippen molar-refractivity contribution in [3.05, 3.63) is 54.1 Å². The van der Waals surface area contributed by atoms with Crippen LogP contribution in [0.3, 0.4) is 0 Å². The van der Waals surface area contributed by atoms with Crippen LogP contribution in [0.4, 0.5) is 30.2 Å². The quantitative estimate of drug-likeness (QED) is 0.883. The van der Waals surface area contributed by atoms with Crippen LogP contribution < -0.4 is 10.6 Å². The number of nitrogens with zero attached hydrogens (tertiary/aromatic N) is 1. The summed E-state index contributed by atoms with van der Waals surface area (Å²) in [5, 5.41) is 5.30. The van der Waals surface area contributed by atoms with E-state index in [9.17, 15) is 18.0 Å². The number of anilines is 2. The Morgan fingerprint density at radius 2 is 1.78 bits per heavy atom. The van der Waals surface area contributed by atoms with Gasteiger partial charge in [-0.3, -0.25) is 4.79 Å². The standard InChI is InChI=1S/C16H12F3N3O/c17-16(18,19)10-5-1-2-6-11(10)22-15(23)14-9-20-12-7-3-4-8-13(12)21-14/h1-8,20H,9H2,(H,22,23). The van der Waals surface area contributed by atoms with Crippen molar-refractivity contribution in [1.82, 2.24) is 0 Å². The summed E-state index contributed by atoms with van der Waals surface area (Å²) < 4.78 is 38.8. The molecule has 2 aromatic carbocycles. The summed E-state index contributed by atoms with van der Waals surface area (Å²) in [4.78, 5) is 16.4. The first kappa shape index (κ1) is 15.1. The van der Waals surface area contributed by atoms with Crippen molar-refractivity contribution in [2.75, 3.05) is 17.2 Å². The minimum absolute atomic E-state index is 0.126. The van der Waals surface area contributed by atoms with E-state index in [1.54, 1.807) is 12.1 Å². The molecule has 1 aliphatic rings. The van der Waals surface area contributed by atoms with Gasteiger partial charge < -0.3 is 10.6 Å². The number of rotatable bonds is 2. The van der Waals surface area contributed by atoms with E-state index in [4.69, 9.17) is 0 Å². The third-order valence-corrected chi connectivity index (χ3v) is 3.35. The van der Waals surface area contributed by atoms with E-state index in [2.05, 4.69) is 15.6 Å². The number of alkyl halides is 3. The van der Waals surface area contributed by atoms with Crippen molar-refractivity contribution in [2.24, 2.45) is 4.99 Å². The number of nitrogens with one attached hydrogen (secondary N) is 2. The van der Waals surface area contributed by atoms with Gasteiger partial charge in [0.05, 0.1) is 29.2 Å². The molecule has 7 heteroatoms. The molecular weight excluding hydrogens is 307 g/mol. The zero-order chi connectivity index (χ0) is 16.4. The highest BCUT2D eigenvalue weighted by Crippen LogP contribution is 2.34. The maximum absolute atomic E-state index is 12.9. The molecule has 0 spiro atoms. The Hall–Kier alpha value is -2.83. The highest BCUT2D eigenvalue weighted by molar-refractivity contribution is 6.45. The van der Waals surface area contributed by atoms with Crippen molar-refractivity contribution in [2.45, 2.75) is 6.18 Å². The fourth-order valence-electron chi connectivity index (χ4n) is 2.25. The number of hydrogen-bond donors (Lipinski definition) is 2. The second-order valence-electron chi connectivity index (χ2n) is 4.93. The van der Waals surface area contributed by atoms with Crippen LogP contribution in [-0.2, 0) is 11.0 Å². The van der Waals surface area contributed by atoms with E-state index in [0.29, 0.717) is 5.69 Å². The molecule has 0 atom stereocenters. The Labute approximate surface area is 130 Å². The molecule has 0 saturated carbocycles. The molecule has 0 fully saturated rings. The number of halogens is 3. The summed E-state index contributed by atoms with van der Waals surface area (Å²) in [5.41, 5.74) is 0.304. The second kappa shape index (κ2) is 5.75. The molecule has 1 heterocycles. The lowest BCUT2D eigenvalue weighted by molar-refractivity contribution is -0.136. The molecule has 23 heavy (non-hydrogen) atoms. The fourth-order valence-corrected chi connectivity index (χ4v) is 2.25. The normalized spacial score (nSPS) is 13.6. The van der Waals surface area contributed by atoms with Crippen molar-refractivity contribution >= 4 is 28.7 Å². The Balaban J connectivity index is 1.86. The highest BCUT2D eigenvalue weighted by atomic mass is 19.4. The zero-order valence-corrected chi connectivity index (χ0v) is 11.8. The Bertz CT molecular complexity index is 784.